The van der Waals surface area contributed by atoms with E-state index in [1.165, 1.54) is 17.3 Å². The maximum Gasteiger partial charge on any atom is 0.396 e. The number of para-hydroxylation sites is 1. The summed E-state index contributed by atoms with van der Waals surface area (Å²) in [6, 6.07) is 7.98. The van der Waals surface area contributed by atoms with Crippen LogP contribution in [0.5, 0.6) is 5.75 Å². The quantitative estimate of drug-likeness (QED) is 0.620. The van der Waals surface area contributed by atoms with Crippen LogP contribution in [0.3, 0.4) is 0 Å². The van der Waals surface area contributed by atoms with Gasteiger partial charge in [-0.25, -0.2) is 4.79 Å². The van der Waals surface area contributed by atoms with Gasteiger partial charge in [-0.05, 0) is 18.6 Å². The van der Waals surface area contributed by atoms with E-state index in [0.717, 1.165) is 12.2 Å². The number of hydrogen-bond acceptors (Lipinski definition) is 7. The molecule has 2 heterocycles. The number of thioether (sulfide) groups is 1. The van der Waals surface area contributed by atoms with Crippen molar-refractivity contribution < 1.29 is 18.7 Å². The minimum Gasteiger partial charge on any atom is -0.489 e. The Morgan fingerprint density at radius 3 is 3.10 bits per heavy atom. The molecule has 0 fully saturated rings. The fourth-order valence-corrected chi connectivity index (χ4v) is 2.81. The van der Waals surface area contributed by atoms with Gasteiger partial charge >= 0.3 is 11.9 Å². The second kappa shape index (κ2) is 6.17. The molecule has 0 amide bonds. The number of esters is 1. The van der Waals surface area contributed by atoms with E-state index in [1.54, 1.807) is 6.92 Å². The highest BCUT2D eigenvalue weighted by atomic mass is 32.2. The van der Waals surface area contributed by atoms with Crippen LogP contribution < -0.4 is 4.74 Å². The third-order valence-electron chi connectivity index (χ3n) is 2.96. The second-order valence-electron chi connectivity index (χ2n) is 4.46. The van der Waals surface area contributed by atoms with Gasteiger partial charge in [0, 0.05) is 12.2 Å². The lowest BCUT2D eigenvalue weighted by atomic mass is 10.1. The molecule has 6 nitrogen and oxygen atoms in total. The lowest BCUT2D eigenvalue weighted by molar-refractivity contribution is 0.0475. The second-order valence-corrected chi connectivity index (χ2v) is 5.43. The summed E-state index contributed by atoms with van der Waals surface area (Å²) < 4.78 is 15.9. The molecule has 1 aromatic carbocycles. The summed E-state index contributed by atoms with van der Waals surface area (Å²) in [5.41, 5.74) is 1.21. The first-order valence-electron chi connectivity index (χ1n) is 6.64. The fraction of sp³-hybridized carbons (Fsp3) is 0.357. The first-order chi connectivity index (χ1) is 10.3. The minimum atomic E-state index is -0.596. The predicted molar refractivity (Wildman–Crippen MR) is 75.5 cm³/mol. The molecule has 7 heteroatoms. The minimum absolute atomic E-state index is 0.0744. The largest absolute Gasteiger partial charge is 0.489 e. The van der Waals surface area contributed by atoms with E-state index in [-0.39, 0.29) is 18.6 Å². The number of fused-ring (bicyclic) bond motifs is 1. The van der Waals surface area contributed by atoms with Crippen LogP contribution in [0.4, 0.5) is 0 Å². The van der Waals surface area contributed by atoms with E-state index in [1.807, 2.05) is 18.2 Å². The van der Waals surface area contributed by atoms with E-state index in [4.69, 9.17) is 13.9 Å². The highest BCUT2D eigenvalue weighted by molar-refractivity contribution is 7.99. The summed E-state index contributed by atoms with van der Waals surface area (Å²) in [6.45, 7) is 2.00. The van der Waals surface area contributed by atoms with Crippen LogP contribution in [0.25, 0.3) is 0 Å². The summed E-state index contributed by atoms with van der Waals surface area (Å²) in [6.07, 6.45) is 0.938. The SMILES string of the molecule is CCOC(=O)c1nnc(SCC2Cc3ccccc3O2)o1. The fourth-order valence-electron chi connectivity index (χ4n) is 2.05. The van der Waals surface area contributed by atoms with Gasteiger partial charge in [0.1, 0.15) is 11.9 Å². The van der Waals surface area contributed by atoms with Gasteiger partial charge in [-0.15, -0.1) is 5.10 Å². The number of carbonyl (C=O) groups excluding carboxylic acids is 1. The van der Waals surface area contributed by atoms with E-state index in [0.29, 0.717) is 11.0 Å². The number of carbonyl (C=O) groups is 1. The Morgan fingerprint density at radius 2 is 2.29 bits per heavy atom. The van der Waals surface area contributed by atoms with Crippen molar-refractivity contribution in [2.24, 2.45) is 0 Å². The molecule has 0 saturated heterocycles. The smallest absolute Gasteiger partial charge is 0.396 e. The molecule has 0 N–H and O–H groups in total. The van der Waals surface area contributed by atoms with E-state index in [2.05, 4.69) is 16.3 Å². The predicted octanol–water partition coefficient (Wildman–Crippen LogP) is 2.34. The molecule has 3 rings (SSSR count). The van der Waals surface area contributed by atoms with Gasteiger partial charge in [-0.3, -0.25) is 0 Å². The zero-order valence-corrected chi connectivity index (χ0v) is 12.3. The summed E-state index contributed by atoms with van der Waals surface area (Å²) in [4.78, 5) is 11.4. The topological polar surface area (TPSA) is 74.5 Å². The molecule has 1 unspecified atom stereocenters. The van der Waals surface area contributed by atoms with Crippen molar-refractivity contribution in [3.63, 3.8) is 0 Å². The number of aromatic nitrogens is 2. The average molecular weight is 306 g/mol. The first kappa shape index (κ1) is 13.9. The Kier molecular flexibility index (Phi) is 4.10. The number of hydrogen-bond donors (Lipinski definition) is 0. The molecular weight excluding hydrogens is 292 g/mol. The van der Waals surface area contributed by atoms with Crippen LogP contribution in [0.1, 0.15) is 23.2 Å². The maximum absolute atomic E-state index is 11.4. The van der Waals surface area contributed by atoms with Crippen molar-refractivity contribution in [1.82, 2.24) is 10.2 Å². The number of nitrogens with zero attached hydrogens (tertiary/aromatic N) is 2. The molecule has 1 aliphatic rings. The van der Waals surface area contributed by atoms with E-state index >= 15 is 0 Å². The Labute approximate surface area is 125 Å². The van der Waals surface area contributed by atoms with Crippen molar-refractivity contribution in [3.8, 4) is 5.75 Å². The van der Waals surface area contributed by atoms with Crippen LogP contribution in [0.2, 0.25) is 0 Å². The van der Waals surface area contributed by atoms with Gasteiger partial charge in [0.2, 0.25) is 0 Å². The van der Waals surface area contributed by atoms with Gasteiger partial charge < -0.3 is 13.9 Å². The average Bonchev–Trinajstić information content (AvgIpc) is 3.11. The van der Waals surface area contributed by atoms with Crippen molar-refractivity contribution in [2.45, 2.75) is 24.7 Å². The van der Waals surface area contributed by atoms with Crippen LogP contribution >= 0.6 is 11.8 Å². The molecule has 110 valence electrons. The summed E-state index contributed by atoms with van der Waals surface area (Å²) in [5, 5.41) is 7.83. The third kappa shape index (κ3) is 3.18. The summed E-state index contributed by atoms with van der Waals surface area (Å²) >= 11 is 1.37. The normalized spacial score (nSPS) is 16.3. The van der Waals surface area contributed by atoms with Crippen molar-refractivity contribution >= 4 is 17.7 Å². The lowest BCUT2D eigenvalue weighted by Crippen LogP contribution is -2.15. The molecule has 1 aromatic heterocycles. The number of ether oxygens (including phenoxy) is 2. The molecule has 0 spiro atoms. The molecule has 0 aliphatic carbocycles. The molecule has 0 saturated carbocycles. The molecule has 0 bridgehead atoms. The summed E-state index contributed by atoms with van der Waals surface area (Å²) in [5.74, 6) is 0.899. The molecule has 1 aliphatic heterocycles. The van der Waals surface area contributed by atoms with Gasteiger partial charge in [-0.1, -0.05) is 35.1 Å². The number of rotatable bonds is 5. The zero-order valence-electron chi connectivity index (χ0n) is 11.4. The highest BCUT2D eigenvalue weighted by Crippen LogP contribution is 2.30. The Balaban J connectivity index is 1.54. The van der Waals surface area contributed by atoms with Crippen LogP contribution in [-0.2, 0) is 11.2 Å². The standard InChI is InChI=1S/C14H14N2O4S/c1-2-18-13(17)12-15-16-14(20-12)21-8-10-7-9-5-3-4-6-11(9)19-10/h3-6,10H,2,7-8H2,1H3. The van der Waals surface area contributed by atoms with E-state index < -0.39 is 5.97 Å². The molecule has 21 heavy (non-hydrogen) atoms. The molecule has 1 atom stereocenters. The molecule has 2 aromatic rings. The van der Waals surface area contributed by atoms with Crippen molar-refractivity contribution in [2.75, 3.05) is 12.4 Å². The van der Waals surface area contributed by atoms with Gasteiger partial charge in [0.15, 0.2) is 0 Å². The van der Waals surface area contributed by atoms with Crippen LogP contribution in [0.15, 0.2) is 33.9 Å². The molecule has 0 radical (unpaired) electrons. The number of benzene rings is 1. The first-order valence-corrected chi connectivity index (χ1v) is 7.63. The third-order valence-corrected chi connectivity index (χ3v) is 3.91. The van der Waals surface area contributed by atoms with Gasteiger partial charge in [0.25, 0.3) is 5.22 Å². The Morgan fingerprint density at radius 1 is 1.43 bits per heavy atom. The van der Waals surface area contributed by atoms with Gasteiger partial charge in [0.05, 0.1) is 6.61 Å². The van der Waals surface area contributed by atoms with Crippen molar-refractivity contribution in [1.29, 1.82) is 0 Å². The Bertz CT molecular complexity index is 618. The summed E-state index contributed by atoms with van der Waals surface area (Å²) in [7, 11) is 0. The molecular formula is C14H14N2O4S. The monoisotopic (exact) mass is 306 g/mol. The highest BCUT2D eigenvalue weighted by Gasteiger charge is 2.24. The lowest BCUT2D eigenvalue weighted by Gasteiger charge is -2.07. The van der Waals surface area contributed by atoms with Crippen LogP contribution in [-0.4, -0.2) is 34.6 Å². The van der Waals surface area contributed by atoms with Crippen LogP contribution in [0, 0.1) is 0 Å². The maximum atomic E-state index is 11.4. The van der Waals surface area contributed by atoms with Gasteiger partial charge in [-0.2, -0.15) is 0 Å². The van der Waals surface area contributed by atoms with E-state index in [9.17, 15) is 4.79 Å². The zero-order chi connectivity index (χ0) is 14.7. The van der Waals surface area contributed by atoms with Crippen molar-refractivity contribution in [3.05, 3.63) is 35.7 Å². The Hall–Kier alpha value is -2.02.